The molecule has 8 nitrogen and oxygen atoms in total. The van der Waals surface area contributed by atoms with Gasteiger partial charge in [0.05, 0.1) is 5.60 Å². The molecule has 1 saturated heterocycles. The number of hydrogen-bond acceptors (Lipinski definition) is 6. The summed E-state index contributed by atoms with van der Waals surface area (Å²) in [7, 11) is 0. The zero-order valence-electron chi connectivity index (χ0n) is 15.6. The molecule has 1 aliphatic heterocycles. The largest absolute Gasteiger partial charge is 0.618 e. The maximum absolute atomic E-state index is 13.6. The van der Waals surface area contributed by atoms with Crippen LogP contribution in [0.3, 0.4) is 0 Å². The van der Waals surface area contributed by atoms with Gasteiger partial charge in [-0.3, -0.25) is 4.40 Å². The van der Waals surface area contributed by atoms with Crippen LogP contribution in [-0.2, 0) is 4.74 Å². The number of aromatic nitrogens is 5. The molecule has 4 aromatic rings. The first-order valence-corrected chi connectivity index (χ1v) is 9.04. The first-order valence-electron chi connectivity index (χ1n) is 9.04. The van der Waals surface area contributed by atoms with Crippen molar-refractivity contribution in [1.82, 2.24) is 19.5 Å². The fraction of sp³-hybridized carbons (Fsp3) is 0.368. The smallest absolute Gasteiger partial charge is 0.256 e. The molecule has 1 aromatic carbocycles. The molecule has 0 bridgehead atoms. The number of ether oxygens (including phenoxy) is 1. The summed E-state index contributed by atoms with van der Waals surface area (Å²) in [6.45, 7) is 5.70. The number of halogens is 1. The minimum atomic E-state index is -0.474. The monoisotopic (exact) mass is 383 g/mol. The van der Waals surface area contributed by atoms with E-state index in [1.807, 2.05) is 13.8 Å². The van der Waals surface area contributed by atoms with Crippen molar-refractivity contribution >= 4 is 16.6 Å². The standard InChI is InChI=1S/C19H18FN5O3/c1-10-16-15(17-22-18(28-23-17)14-6-7-19(2,3)27-14)21-9-24(16)12-5-4-11(20)8-13(12)25(10)26/h4-5,8-9,14H,6-7H2,1-3H3. The SMILES string of the molecule is Cc1c2c(-c3noc(C4CCC(C)(C)O4)n3)ncn2c2ccc(F)cc2[n+]1[O-]. The topological polar surface area (TPSA) is 92.4 Å². The number of nitrogens with zero attached hydrogens (tertiary/aromatic N) is 5. The molecular formula is C19H18FN5O3. The number of aryl methyl sites for hydroxylation is 1. The van der Waals surface area contributed by atoms with Crippen LogP contribution in [0.1, 0.15) is 44.4 Å². The summed E-state index contributed by atoms with van der Waals surface area (Å²) >= 11 is 0. The molecule has 9 heteroatoms. The van der Waals surface area contributed by atoms with Gasteiger partial charge in [0.25, 0.3) is 5.89 Å². The number of imidazole rings is 1. The zero-order valence-corrected chi connectivity index (χ0v) is 15.6. The van der Waals surface area contributed by atoms with Gasteiger partial charge in [-0.2, -0.15) is 9.71 Å². The molecule has 0 saturated carbocycles. The average Bonchev–Trinajstić information content (AvgIpc) is 3.36. The molecule has 1 fully saturated rings. The molecule has 3 aromatic heterocycles. The second-order valence-corrected chi connectivity index (χ2v) is 7.69. The maximum atomic E-state index is 13.6. The van der Waals surface area contributed by atoms with Crippen LogP contribution >= 0.6 is 0 Å². The molecule has 1 aliphatic rings. The van der Waals surface area contributed by atoms with Gasteiger partial charge in [0.1, 0.15) is 35.0 Å². The minimum Gasteiger partial charge on any atom is -0.618 e. The zero-order chi connectivity index (χ0) is 19.6. The highest BCUT2D eigenvalue weighted by atomic mass is 19.1. The number of fused-ring (bicyclic) bond motifs is 3. The number of hydrogen-bond donors (Lipinski definition) is 0. The molecule has 0 radical (unpaired) electrons. The van der Waals surface area contributed by atoms with Gasteiger partial charge >= 0.3 is 0 Å². The Labute approximate surface area is 159 Å². The van der Waals surface area contributed by atoms with E-state index in [2.05, 4.69) is 15.1 Å². The second-order valence-electron chi connectivity index (χ2n) is 7.69. The predicted octanol–water partition coefficient (Wildman–Crippen LogP) is 3.25. The quantitative estimate of drug-likeness (QED) is 0.390. The highest BCUT2D eigenvalue weighted by Gasteiger charge is 2.36. The van der Waals surface area contributed by atoms with Crippen LogP contribution in [0.15, 0.2) is 29.0 Å². The second kappa shape index (κ2) is 5.71. The fourth-order valence-corrected chi connectivity index (χ4v) is 3.80. The van der Waals surface area contributed by atoms with Gasteiger partial charge in [-0.25, -0.2) is 9.37 Å². The van der Waals surface area contributed by atoms with Crippen molar-refractivity contribution in [2.75, 3.05) is 0 Å². The highest BCUT2D eigenvalue weighted by Crippen LogP contribution is 2.38. The third-order valence-corrected chi connectivity index (χ3v) is 5.23. The van der Waals surface area contributed by atoms with Crippen LogP contribution in [0, 0.1) is 17.9 Å². The lowest BCUT2D eigenvalue weighted by Crippen LogP contribution is -2.32. The van der Waals surface area contributed by atoms with Crippen molar-refractivity contribution in [1.29, 1.82) is 0 Å². The van der Waals surface area contributed by atoms with E-state index in [4.69, 9.17) is 9.26 Å². The van der Waals surface area contributed by atoms with Crippen LogP contribution in [0.2, 0.25) is 0 Å². The Bertz CT molecular complexity index is 1230. The Morgan fingerprint density at radius 3 is 2.93 bits per heavy atom. The number of benzene rings is 1. The lowest BCUT2D eigenvalue weighted by Gasteiger charge is -2.17. The summed E-state index contributed by atoms with van der Waals surface area (Å²) in [4.78, 5) is 8.87. The van der Waals surface area contributed by atoms with Crippen LogP contribution in [0.5, 0.6) is 0 Å². The molecule has 0 N–H and O–H groups in total. The van der Waals surface area contributed by atoms with E-state index in [1.165, 1.54) is 12.1 Å². The van der Waals surface area contributed by atoms with E-state index >= 15 is 0 Å². The van der Waals surface area contributed by atoms with Crippen molar-refractivity contribution in [2.24, 2.45) is 0 Å². The van der Waals surface area contributed by atoms with Gasteiger partial charge < -0.3 is 14.5 Å². The van der Waals surface area contributed by atoms with Gasteiger partial charge in [-0.15, -0.1) is 0 Å². The summed E-state index contributed by atoms with van der Waals surface area (Å²) in [6, 6.07) is 4.07. The van der Waals surface area contributed by atoms with Crippen molar-refractivity contribution in [3.05, 3.63) is 47.1 Å². The van der Waals surface area contributed by atoms with Crippen LogP contribution in [0.4, 0.5) is 4.39 Å². The third-order valence-electron chi connectivity index (χ3n) is 5.23. The summed E-state index contributed by atoms with van der Waals surface area (Å²) in [5.74, 6) is 0.214. The molecular weight excluding hydrogens is 365 g/mol. The molecule has 0 amide bonds. The van der Waals surface area contributed by atoms with E-state index in [-0.39, 0.29) is 23.0 Å². The van der Waals surface area contributed by atoms with Crippen LogP contribution < -0.4 is 4.73 Å². The summed E-state index contributed by atoms with van der Waals surface area (Å²) in [6.07, 6.45) is 3.03. The minimum absolute atomic E-state index is 0.223. The lowest BCUT2D eigenvalue weighted by atomic mass is 10.1. The fourth-order valence-electron chi connectivity index (χ4n) is 3.80. The van der Waals surface area contributed by atoms with E-state index in [1.54, 1.807) is 23.7 Å². The van der Waals surface area contributed by atoms with Gasteiger partial charge in [0.15, 0.2) is 0 Å². The van der Waals surface area contributed by atoms with Crippen molar-refractivity contribution in [3.8, 4) is 11.5 Å². The third kappa shape index (κ3) is 2.46. The first kappa shape index (κ1) is 17.1. The molecule has 144 valence electrons. The van der Waals surface area contributed by atoms with Gasteiger partial charge in [0, 0.05) is 13.0 Å². The molecule has 28 heavy (non-hydrogen) atoms. The predicted molar refractivity (Wildman–Crippen MR) is 96.8 cm³/mol. The molecule has 0 spiro atoms. The Morgan fingerprint density at radius 1 is 1.36 bits per heavy atom. The highest BCUT2D eigenvalue weighted by molar-refractivity contribution is 5.82. The molecule has 5 rings (SSSR count). The maximum Gasteiger partial charge on any atom is 0.256 e. The van der Waals surface area contributed by atoms with E-state index in [9.17, 15) is 9.60 Å². The normalized spacial score (nSPS) is 19.1. The lowest BCUT2D eigenvalue weighted by molar-refractivity contribution is -0.583. The van der Waals surface area contributed by atoms with Crippen molar-refractivity contribution < 1.29 is 18.4 Å². The first-order chi connectivity index (χ1) is 13.3. The Hall–Kier alpha value is -3.07. The van der Waals surface area contributed by atoms with Crippen LogP contribution in [-0.4, -0.2) is 25.1 Å². The van der Waals surface area contributed by atoms with Crippen LogP contribution in [0.25, 0.3) is 28.1 Å². The molecule has 4 heterocycles. The van der Waals surface area contributed by atoms with E-state index in [0.717, 1.165) is 12.8 Å². The van der Waals surface area contributed by atoms with Gasteiger partial charge in [-0.05, 0) is 38.8 Å². The Kier molecular flexibility index (Phi) is 3.48. The summed E-state index contributed by atoms with van der Waals surface area (Å²) in [5.41, 5.74) is 1.90. The molecule has 0 aliphatic carbocycles. The Morgan fingerprint density at radius 2 is 2.18 bits per heavy atom. The summed E-state index contributed by atoms with van der Waals surface area (Å²) in [5, 5.41) is 16.7. The molecule has 1 atom stereocenters. The number of rotatable bonds is 2. The average molecular weight is 383 g/mol. The molecule has 1 unspecified atom stereocenters. The van der Waals surface area contributed by atoms with Gasteiger partial charge in [0.2, 0.25) is 17.0 Å². The van der Waals surface area contributed by atoms with Crippen molar-refractivity contribution in [2.45, 2.75) is 45.3 Å². The summed E-state index contributed by atoms with van der Waals surface area (Å²) < 4.78 is 27.4. The van der Waals surface area contributed by atoms with E-state index in [0.29, 0.717) is 33.0 Å². The van der Waals surface area contributed by atoms with Crippen molar-refractivity contribution in [3.63, 3.8) is 0 Å². The van der Waals surface area contributed by atoms with Gasteiger partial charge in [-0.1, -0.05) is 5.16 Å². The Balaban J connectivity index is 1.65. The van der Waals surface area contributed by atoms with E-state index < -0.39 is 5.82 Å².